The maximum absolute atomic E-state index is 13.3. The van der Waals surface area contributed by atoms with Gasteiger partial charge in [0.1, 0.15) is 5.52 Å². The Morgan fingerprint density at radius 1 is 0.912 bits per heavy atom. The minimum atomic E-state index is -3.75. The van der Waals surface area contributed by atoms with E-state index in [1.165, 1.54) is 23.9 Å². The lowest BCUT2D eigenvalue weighted by Gasteiger charge is -2.13. The molecular weight excluding hydrogens is 472 g/mol. The molecule has 2 heterocycles. The highest BCUT2D eigenvalue weighted by molar-refractivity contribution is 7.98. The molecule has 2 N–H and O–H groups in total. The summed E-state index contributed by atoms with van der Waals surface area (Å²) in [4.78, 5) is 22.6. The van der Waals surface area contributed by atoms with Gasteiger partial charge in [-0.2, -0.15) is 0 Å². The van der Waals surface area contributed by atoms with Gasteiger partial charge in [-0.15, -0.1) is 0 Å². The fraction of sp³-hybridized carbons (Fsp3) is 0.125. The first-order chi connectivity index (χ1) is 16.4. The summed E-state index contributed by atoms with van der Waals surface area (Å²) in [6, 6.07) is 21.1. The average molecular weight is 493 g/mol. The van der Waals surface area contributed by atoms with Crippen LogP contribution in [0.3, 0.4) is 0 Å². The second-order valence-electron chi connectivity index (χ2n) is 7.67. The third kappa shape index (κ3) is 4.60. The van der Waals surface area contributed by atoms with Crippen LogP contribution in [0.15, 0.2) is 92.1 Å². The standard InChI is InChI=1S/C24H20N4O4S2/c25-34(30,31)17-11-9-16(10-12-17)13-14-28-23(29)18-5-1-2-6-19(18)27-24(28)33-15-22-26-20-7-3-4-8-21(20)32-22/h1-12H,13-15H2,(H2,25,30,31). The maximum Gasteiger partial charge on any atom is 0.262 e. The molecule has 0 radical (unpaired) electrons. The van der Waals surface area contributed by atoms with Gasteiger partial charge in [0.25, 0.3) is 5.56 Å². The van der Waals surface area contributed by atoms with Gasteiger partial charge in [0.15, 0.2) is 10.7 Å². The number of primary sulfonamides is 1. The van der Waals surface area contributed by atoms with E-state index in [2.05, 4.69) is 4.98 Å². The van der Waals surface area contributed by atoms with Crippen LogP contribution in [0.4, 0.5) is 0 Å². The monoisotopic (exact) mass is 492 g/mol. The van der Waals surface area contributed by atoms with Gasteiger partial charge >= 0.3 is 0 Å². The number of fused-ring (bicyclic) bond motifs is 2. The van der Waals surface area contributed by atoms with E-state index in [9.17, 15) is 13.2 Å². The molecule has 0 saturated heterocycles. The van der Waals surface area contributed by atoms with Gasteiger partial charge in [-0.25, -0.2) is 23.5 Å². The number of sulfonamides is 1. The van der Waals surface area contributed by atoms with Crippen LogP contribution >= 0.6 is 11.8 Å². The van der Waals surface area contributed by atoms with Crippen molar-refractivity contribution in [3.05, 3.63) is 94.6 Å². The number of nitrogens with zero attached hydrogens (tertiary/aromatic N) is 3. The van der Waals surface area contributed by atoms with Crippen LogP contribution in [-0.4, -0.2) is 23.0 Å². The molecule has 0 aliphatic carbocycles. The molecule has 172 valence electrons. The van der Waals surface area contributed by atoms with Gasteiger partial charge < -0.3 is 4.42 Å². The van der Waals surface area contributed by atoms with E-state index >= 15 is 0 Å². The van der Waals surface area contributed by atoms with Crippen LogP contribution < -0.4 is 10.7 Å². The Balaban J connectivity index is 1.44. The summed E-state index contributed by atoms with van der Waals surface area (Å²) in [6.07, 6.45) is 0.515. The molecule has 2 aromatic heterocycles. The lowest BCUT2D eigenvalue weighted by Crippen LogP contribution is -2.24. The van der Waals surface area contributed by atoms with Crippen molar-refractivity contribution in [2.45, 2.75) is 28.8 Å². The Morgan fingerprint density at radius 2 is 1.62 bits per heavy atom. The van der Waals surface area contributed by atoms with Crippen LogP contribution in [-0.2, 0) is 28.7 Å². The Morgan fingerprint density at radius 3 is 2.35 bits per heavy atom. The number of hydrogen-bond donors (Lipinski definition) is 1. The van der Waals surface area contributed by atoms with Crippen molar-refractivity contribution in [3.63, 3.8) is 0 Å². The van der Waals surface area contributed by atoms with Crippen LogP contribution in [0, 0.1) is 0 Å². The molecule has 5 rings (SSSR count). The summed E-state index contributed by atoms with van der Waals surface area (Å²) in [5.74, 6) is 0.974. The predicted octanol–water partition coefficient (Wildman–Crippen LogP) is 3.72. The highest BCUT2D eigenvalue weighted by Gasteiger charge is 2.14. The zero-order valence-corrected chi connectivity index (χ0v) is 19.6. The summed E-state index contributed by atoms with van der Waals surface area (Å²) in [5, 5.41) is 6.28. The molecule has 8 nitrogen and oxygen atoms in total. The normalized spacial score (nSPS) is 11.9. The number of benzene rings is 3. The minimum absolute atomic E-state index is 0.0513. The van der Waals surface area contributed by atoms with Crippen LogP contribution in [0.25, 0.3) is 22.0 Å². The van der Waals surface area contributed by atoms with E-state index in [0.717, 1.165) is 11.1 Å². The molecule has 0 spiro atoms. The van der Waals surface area contributed by atoms with Gasteiger partial charge in [0.05, 0.1) is 21.6 Å². The number of rotatable bonds is 7. The average Bonchev–Trinajstić information content (AvgIpc) is 3.25. The predicted molar refractivity (Wildman–Crippen MR) is 131 cm³/mol. The number of para-hydroxylation sites is 3. The van der Waals surface area contributed by atoms with E-state index in [-0.39, 0.29) is 10.5 Å². The molecule has 0 aliphatic heterocycles. The van der Waals surface area contributed by atoms with Crippen molar-refractivity contribution in [1.82, 2.24) is 14.5 Å². The highest BCUT2D eigenvalue weighted by atomic mass is 32.2. The number of nitrogens with two attached hydrogens (primary N) is 1. The number of aromatic nitrogens is 3. The first kappa shape index (κ1) is 22.3. The van der Waals surface area contributed by atoms with Crippen molar-refractivity contribution >= 4 is 43.8 Å². The fourth-order valence-corrected chi connectivity index (χ4v) is 5.03. The molecule has 0 amide bonds. The molecule has 0 atom stereocenters. The largest absolute Gasteiger partial charge is 0.440 e. The summed E-state index contributed by atoms with van der Waals surface area (Å²) >= 11 is 1.39. The van der Waals surface area contributed by atoms with Crippen molar-refractivity contribution in [2.75, 3.05) is 0 Å². The quantitative estimate of drug-likeness (QED) is 0.271. The topological polar surface area (TPSA) is 121 Å². The second-order valence-corrected chi connectivity index (χ2v) is 10.2. The zero-order valence-electron chi connectivity index (χ0n) is 17.9. The summed E-state index contributed by atoms with van der Waals surface area (Å²) in [6.45, 7) is 0.376. The first-order valence-corrected chi connectivity index (χ1v) is 13.0. The fourth-order valence-electron chi connectivity index (χ4n) is 3.65. The van der Waals surface area contributed by atoms with E-state index in [1.54, 1.807) is 22.8 Å². The molecule has 34 heavy (non-hydrogen) atoms. The SMILES string of the molecule is NS(=O)(=O)c1ccc(CCn2c(SCc3nc4ccccc4o3)nc3ccccc3c2=O)cc1. The van der Waals surface area contributed by atoms with Gasteiger partial charge in [-0.3, -0.25) is 9.36 Å². The van der Waals surface area contributed by atoms with Crippen molar-refractivity contribution in [3.8, 4) is 0 Å². The summed E-state index contributed by atoms with van der Waals surface area (Å²) in [7, 11) is -3.75. The molecule has 0 unspecified atom stereocenters. The molecular formula is C24H20N4O4S2. The third-order valence-electron chi connectivity index (χ3n) is 5.37. The van der Waals surface area contributed by atoms with Crippen molar-refractivity contribution in [1.29, 1.82) is 0 Å². The smallest absolute Gasteiger partial charge is 0.262 e. The molecule has 0 saturated carbocycles. The molecule has 0 bridgehead atoms. The molecule has 0 aliphatic rings. The van der Waals surface area contributed by atoms with E-state index in [0.29, 0.717) is 46.3 Å². The van der Waals surface area contributed by atoms with Crippen LogP contribution in [0.1, 0.15) is 11.5 Å². The Hall–Kier alpha value is -3.47. The van der Waals surface area contributed by atoms with Gasteiger partial charge in [0.2, 0.25) is 15.9 Å². The Labute approximate surface area is 199 Å². The molecule has 10 heteroatoms. The lowest BCUT2D eigenvalue weighted by molar-refractivity contribution is 0.554. The first-order valence-electron chi connectivity index (χ1n) is 10.5. The summed E-state index contributed by atoms with van der Waals surface area (Å²) in [5.41, 5.74) is 2.87. The lowest BCUT2D eigenvalue weighted by atomic mass is 10.1. The number of oxazole rings is 1. The van der Waals surface area contributed by atoms with E-state index in [4.69, 9.17) is 14.5 Å². The number of aryl methyl sites for hydroxylation is 1. The zero-order chi connectivity index (χ0) is 23.7. The number of thioether (sulfide) groups is 1. The Kier molecular flexibility index (Phi) is 5.94. The molecule has 0 fully saturated rings. The third-order valence-corrected chi connectivity index (χ3v) is 7.26. The molecule has 5 aromatic rings. The second kappa shape index (κ2) is 9.05. The highest BCUT2D eigenvalue weighted by Crippen LogP contribution is 2.24. The van der Waals surface area contributed by atoms with Crippen LogP contribution in [0.5, 0.6) is 0 Å². The van der Waals surface area contributed by atoms with Gasteiger partial charge in [-0.05, 0) is 48.4 Å². The minimum Gasteiger partial charge on any atom is -0.440 e. The van der Waals surface area contributed by atoms with Crippen molar-refractivity contribution < 1.29 is 12.8 Å². The van der Waals surface area contributed by atoms with Crippen LogP contribution in [0.2, 0.25) is 0 Å². The van der Waals surface area contributed by atoms with Gasteiger partial charge in [0, 0.05) is 6.54 Å². The Bertz CT molecular complexity index is 1630. The van der Waals surface area contributed by atoms with Gasteiger partial charge in [-0.1, -0.05) is 48.2 Å². The van der Waals surface area contributed by atoms with E-state index in [1.807, 2.05) is 42.5 Å². The summed E-state index contributed by atoms with van der Waals surface area (Å²) < 4.78 is 30.4. The van der Waals surface area contributed by atoms with E-state index < -0.39 is 10.0 Å². The maximum atomic E-state index is 13.3. The number of hydrogen-bond acceptors (Lipinski definition) is 7. The molecule has 3 aromatic carbocycles. The van der Waals surface area contributed by atoms with Crippen molar-refractivity contribution in [2.24, 2.45) is 5.14 Å².